The summed E-state index contributed by atoms with van der Waals surface area (Å²) in [6.45, 7) is 14.3. The molecule has 254 valence electrons. The van der Waals surface area contributed by atoms with Gasteiger partial charge in [-0.15, -0.1) is 0 Å². The van der Waals surface area contributed by atoms with Gasteiger partial charge in [-0.3, -0.25) is 0 Å². The van der Waals surface area contributed by atoms with Gasteiger partial charge in [-0.1, -0.05) is 152 Å². The molecule has 0 N–H and O–H groups in total. The van der Waals surface area contributed by atoms with Gasteiger partial charge in [-0.2, -0.15) is 0 Å². The van der Waals surface area contributed by atoms with E-state index in [4.69, 9.17) is 4.74 Å². The van der Waals surface area contributed by atoms with Crippen molar-refractivity contribution in [3.05, 3.63) is 132 Å². The van der Waals surface area contributed by atoms with Crippen molar-refractivity contribution < 1.29 is 9.13 Å². The molecule has 4 rings (SSSR count). The summed E-state index contributed by atoms with van der Waals surface area (Å²) in [5, 5.41) is 0. The standard InChI is InChI=1S/C13H12O.C10H13F.C9H12.C6H15N.C5H12/c1-11-7-9-13(10-8-11)14-12-5-3-2-4-6-12;1-2-3-4-9-5-7-10(11)8-6-9;1-2-6-9-7-4-3-5-8-9;1-4-5-6-7(2)3;1-3-5-4-2/h2-10H,1H3;5-8H,2-4H2,1H3;3-5,7-8H,2,6H2,1H3;4-6H2,1-3H3;3-5H2,1-2H3. The Balaban J connectivity index is 0.000000575. The number of ether oxygens (including phenoxy) is 1. The molecule has 0 saturated carbocycles. The molecule has 0 saturated heterocycles. The molecule has 0 fully saturated rings. The molecule has 0 bridgehead atoms. The second-order valence-electron chi connectivity index (χ2n) is 11.7. The Morgan fingerprint density at radius 1 is 0.500 bits per heavy atom. The zero-order valence-corrected chi connectivity index (χ0v) is 30.4. The molecule has 0 heterocycles. The summed E-state index contributed by atoms with van der Waals surface area (Å²) in [5.74, 6) is 1.60. The Morgan fingerprint density at radius 3 is 1.41 bits per heavy atom. The van der Waals surface area contributed by atoms with Gasteiger partial charge in [0.1, 0.15) is 17.3 Å². The van der Waals surface area contributed by atoms with Crippen LogP contribution in [0, 0.1) is 12.7 Å². The van der Waals surface area contributed by atoms with Crippen molar-refractivity contribution in [2.45, 2.75) is 106 Å². The first-order chi connectivity index (χ1) is 22.3. The van der Waals surface area contributed by atoms with Gasteiger partial charge in [0.15, 0.2) is 0 Å². The van der Waals surface area contributed by atoms with Crippen LogP contribution >= 0.6 is 0 Å². The maximum atomic E-state index is 12.4. The van der Waals surface area contributed by atoms with E-state index in [2.05, 4.69) is 90.9 Å². The van der Waals surface area contributed by atoms with Crippen LogP contribution in [-0.2, 0) is 12.8 Å². The molecule has 3 heteroatoms. The number of hydrogen-bond acceptors (Lipinski definition) is 2. The SMILES string of the molecule is CCCCC.CCCCN(C)C.CCCCc1ccc(F)cc1.CCCc1ccccc1.Cc1ccc(Oc2ccccc2)cc1. The quantitative estimate of drug-likeness (QED) is 0.155. The molecule has 0 unspecified atom stereocenters. The molecule has 0 spiro atoms. The average molecular weight is 630 g/mol. The van der Waals surface area contributed by atoms with Crippen LogP contribution in [0.15, 0.2) is 109 Å². The normalized spacial score (nSPS) is 9.70. The number of nitrogens with zero attached hydrogens (tertiary/aromatic N) is 1. The Bertz CT molecular complexity index is 1160. The van der Waals surface area contributed by atoms with Gasteiger partial charge in [-0.05, 0) is 101 Å². The fraction of sp³-hybridized carbons (Fsp3) is 0.442. The van der Waals surface area contributed by atoms with Gasteiger partial charge in [0.2, 0.25) is 0 Å². The molecule has 0 aliphatic carbocycles. The van der Waals surface area contributed by atoms with Crippen LogP contribution in [0.1, 0.15) is 103 Å². The van der Waals surface area contributed by atoms with E-state index in [1.54, 1.807) is 0 Å². The molecule has 0 radical (unpaired) electrons. The number of para-hydroxylation sites is 1. The lowest BCUT2D eigenvalue weighted by atomic mass is 10.1. The molecule has 0 atom stereocenters. The molecule has 4 aromatic carbocycles. The predicted molar refractivity (Wildman–Crippen MR) is 202 cm³/mol. The average Bonchev–Trinajstić information content (AvgIpc) is 3.07. The fourth-order valence-electron chi connectivity index (χ4n) is 4.02. The zero-order chi connectivity index (χ0) is 34.3. The van der Waals surface area contributed by atoms with Crippen molar-refractivity contribution in [3.8, 4) is 11.5 Å². The van der Waals surface area contributed by atoms with Crippen molar-refractivity contribution in [1.82, 2.24) is 4.90 Å². The molecule has 2 nitrogen and oxygen atoms in total. The minimum atomic E-state index is -0.148. The highest BCUT2D eigenvalue weighted by molar-refractivity contribution is 5.32. The monoisotopic (exact) mass is 629 g/mol. The number of benzene rings is 4. The largest absolute Gasteiger partial charge is 0.457 e. The van der Waals surface area contributed by atoms with Gasteiger partial charge in [0, 0.05) is 0 Å². The maximum Gasteiger partial charge on any atom is 0.127 e. The van der Waals surface area contributed by atoms with Gasteiger partial charge in [-0.25, -0.2) is 4.39 Å². The first kappa shape index (κ1) is 42.6. The summed E-state index contributed by atoms with van der Waals surface area (Å²) in [4.78, 5) is 2.21. The maximum absolute atomic E-state index is 12.4. The van der Waals surface area contributed by atoms with E-state index in [1.807, 2.05) is 66.7 Å². The van der Waals surface area contributed by atoms with Crippen LogP contribution in [-0.4, -0.2) is 25.5 Å². The van der Waals surface area contributed by atoms with Crippen LogP contribution in [0.2, 0.25) is 0 Å². The van der Waals surface area contributed by atoms with Crippen molar-refractivity contribution in [1.29, 1.82) is 0 Å². The highest BCUT2D eigenvalue weighted by atomic mass is 19.1. The van der Waals surface area contributed by atoms with Crippen LogP contribution in [0.4, 0.5) is 4.39 Å². The third-order valence-corrected chi connectivity index (χ3v) is 6.78. The van der Waals surface area contributed by atoms with E-state index in [1.165, 1.54) is 93.2 Å². The number of aryl methyl sites for hydroxylation is 3. The molecule has 0 amide bonds. The lowest BCUT2D eigenvalue weighted by Crippen LogP contribution is -2.12. The minimum Gasteiger partial charge on any atom is -0.457 e. The highest BCUT2D eigenvalue weighted by Gasteiger charge is 1.95. The molecule has 4 aromatic rings. The number of unbranched alkanes of at least 4 members (excludes halogenated alkanes) is 4. The Morgan fingerprint density at radius 2 is 0.978 bits per heavy atom. The summed E-state index contributed by atoms with van der Waals surface area (Å²) in [5.41, 5.74) is 3.92. The van der Waals surface area contributed by atoms with Crippen molar-refractivity contribution in [3.63, 3.8) is 0 Å². The molecule has 0 aromatic heterocycles. The third kappa shape index (κ3) is 25.9. The van der Waals surface area contributed by atoms with Crippen LogP contribution in [0.3, 0.4) is 0 Å². The summed E-state index contributed by atoms with van der Waals surface area (Å²) in [6.07, 6.45) is 12.6. The third-order valence-electron chi connectivity index (χ3n) is 6.78. The highest BCUT2D eigenvalue weighted by Crippen LogP contribution is 2.20. The Hall–Kier alpha value is -3.43. The second kappa shape index (κ2) is 30.2. The van der Waals surface area contributed by atoms with Crippen molar-refractivity contribution in [2.75, 3.05) is 20.6 Å². The lowest BCUT2D eigenvalue weighted by molar-refractivity contribution is 0.398. The first-order valence-electron chi connectivity index (χ1n) is 17.5. The van der Waals surface area contributed by atoms with E-state index in [0.717, 1.165) is 17.9 Å². The summed E-state index contributed by atoms with van der Waals surface area (Å²) in [7, 11) is 4.21. The molecular formula is C43H64FNO. The van der Waals surface area contributed by atoms with Crippen molar-refractivity contribution in [2.24, 2.45) is 0 Å². The van der Waals surface area contributed by atoms with Gasteiger partial charge < -0.3 is 9.64 Å². The van der Waals surface area contributed by atoms with E-state index in [-0.39, 0.29) is 5.82 Å². The minimum absolute atomic E-state index is 0.148. The topological polar surface area (TPSA) is 12.5 Å². The van der Waals surface area contributed by atoms with E-state index in [0.29, 0.717) is 0 Å². The van der Waals surface area contributed by atoms with E-state index < -0.39 is 0 Å². The fourth-order valence-corrected chi connectivity index (χ4v) is 4.02. The van der Waals surface area contributed by atoms with Crippen molar-refractivity contribution >= 4 is 0 Å². The Labute approximate surface area is 283 Å². The zero-order valence-electron chi connectivity index (χ0n) is 30.4. The lowest BCUT2D eigenvalue weighted by Gasteiger charge is -2.05. The molecule has 46 heavy (non-hydrogen) atoms. The molecule has 0 aliphatic rings. The molecular weight excluding hydrogens is 565 g/mol. The van der Waals surface area contributed by atoms with E-state index in [9.17, 15) is 4.39 Å². The van der Waals surface area contributed by atoms with Crippen LogP contribution in [0.5, 0.6) is 11.5 Å². The summed E-state index contributed by atoms with van der Waals surface area (Å²) < 4.78 is 18.0. The summed E-state index contributed by atoms with van der Waals surface area (Å²) >= 11 is 0. The summed E-state index contributed by atoms with van der Waals surface area (Å²) in [6, 6.07) is 35.1. The second-order valence-corrected chi connectivity index (χ2v) is 11.7. The smallest absolute Gasteiger partial charge is 0.127 e. The van der Waals surface area contributed by atoms with E-state index >= 15 is 0 Å². The van der Waals surface area contributed by atoms with Gasteiger partial charge in [0.25, 0.3) is 0 Å². The first-order valence-corrected chi connectivity index (χ1v) is 17.5. The van der Waals surface area contributed by atoms with Gasteiger partial charge >= 0.3 is 0 Å². The number of hydrogen-bond donors (Lipinski definition) is 0. The number of halogens is 1. The van der Waals surface area contributed by atoms with Crippen LogP contribution < -0.4 is 4.74 Å². The van der Waals surface area contributed by atoms with Gasteiger partial charge in [0.05, 0.1) is 0 Å². The van der Waals surface area contributed by atoms with Crippen LogP contribution in [0.25, 0.3) is 0 Å². The Kier molecular flexibility index (Phi) is 28.0. The predicted octanol–water partition coefficient (Wildman–Crippen LogP) is 13.1. The molecule has 0 aliphatic heterocycles. The number of rotatable bonds is 12.